The molecular formula is C16H20N4O2. The molecule has 1 unspecified atom stereocenters. The molecule has 2 fully saturated rings. The van der Waals surface area contributed by atoms with Crippen molar-refractivity contribution in [3.05, 3.63) is 18.1 Å². The summed E-state index contributed by atoms with van der Waals surface area (Å²) in [5, 5.41) is 9.01. The molecule has 6 nitrogen and oxygen atoms in total. The number of carbonyl (C=O) groups excluding carboxylic acids is 1. The Morgan fingerprint density at radius 2 is 2.00 bits per heavy atom. The summed E-state index contributed by atoms with van der Waals surface area (Å²) in [5.74, 6) is 0.728. The standard InChI is InChI=1S/C16H20N4O2/c17-10-14-15(19-8-7-18-14)22-13-6-9-20(11-13)16(21)12-4-2-1-3-5-12/h7-8,12-13H,1-6,9,11H2. The van der Waals surface area contributed by atoms with E-state index in [1.807, 2.05) is 11.0 Å². The third-order valence-electron chi connectivity index (χ3n) is 4.46. The molecule has 0 radical (unpaired) electrons. The molecule has 1 aliphatic heterocycles. The van der Waals surface area contributed by atoms with Crippen molar-refractivity contribution in [3.8, 4) is 11.9 Å². The van der Waals surface area contributed by atoms with E-state index in [0.29, 0.717) is 6.54 Å². The van der Waals surface area contributed by atoms with Crippen molar-refractivity contribution in [3.63, 3.8) is 0 Å². The predicted molar refractivity (Wildman–Crippen MR) is 78.9 cm³/mol. The molecule has 1 atom stereocenters. The van der Waals surface area contributed by atoms with Crippen LogP contribution in [-0.4, -0.2) is 40.0 Å². The summed E-state index contributed by atoms with van der Waals surface area (Å²) in [5.41, 5.74) is 0.194. The molecule has 3 rings (SSSR count). The number of aromatic nitrogens is 2. The van der Waals surface area contributed by atoms with Crippen LogP contribution in [0.2, 0.25) is 0 Å². The van der Waals surface area contributed by atoms with Gasteiger partial charge in [-0.25, -0.2) is 9.97 Å². The molecule has 22 heavy (non-hydrogen) atoms. The molecule has 0 spiro atoms. The average molecular weight is 300 g/mol. The normalized spacial score (nSPS) is 22.3. The van der Waals surface area contributed by atoms with E-state index in [9.17, 15) is 4.79 Å². The smallest absolute Gasteiger partial charge is 0.251 e. The molecule has 1 aliphatic carbocycles. The van der Waals surface area contributed by atoms with E-state index in [1.165, 1.54) is 18.8 Å². The molecule has 2 heterocycles. The Kier molecular flexibility index (Phi) is 4.52. The largest absolute Gasteiger partial charge is 0.470 e. The third-order valence-corrected chi connectivity index (χ3v) is 4.46. The Balaban J connectivity index is 1.58. The predicted octanol–water partition coefficient (Wildman–Crippen LogP) is 1.91. The molecule has 1 aromatic heterocycles. The molecule has 1 aromatic rings. The number of nitrogens with zero attached hydrogens (tertiary/aromatic N) is 4. The Morgan fingerprint density at radius 1 is 1.23 bits per heavy atom. The lowest BCUT2D eigenvalue weighted by atomic mass is 9.88. The zero-order valence-corrected chi connectivity index (χ0v) is 12.6. The molecule has 1 amide bonds. The van der Waals surface area contributed by atoms with Crippen LogP contribution in [0.5, 0.6) is 5.88 Å². The molecule has 6 heteroatoms. The van der Waals surface area contributed by atoms with Gasteiger partial charge in [0.2, 0.25) is 11.6 Å². The molecule has 0 N–H and O–H groups in total. The Labute approximate surface area is 130 Å². The molecule has 0 bridgehead atoms. The Hall–Kier alpha value is -2.16. The number of ether oxygens (including phenoxy) is 1. The van der Waals surface area contributed by atoms with Gasteiger partial charge in [0.25, 0.3) is 5.88 Å². The minimum absolute atomic E-state index is 0.101. The third kappa shape index (κ3) is 3.19. The fraction of sp³-hybridized carbons (Fsp3) is 0.625. The number of rotatable bonds is 3. The van der Waals surface area contributed by atoms with Crippen LogP contribution >= 0.6 is 0 Å². The van der Waals surface area contributed by atoms with Crippen molar-refractivity contribution in [2.24, 2.45) is 5.92 Å². The maximum absolute atomic E-state index is 12.5. The van der Waals surface area contributed by atoms with Gasteiger partial charge in [0.05, 0.1) is 6.54 Å². The van der Waals surface area contributed by atoms with Gasteiger partial charge in [-0.1, -0.05) is 19.3 Å². The molecule has 1 saturated carbocycles. The zero-order valence-electron chi connectivity index (χ0n) is 12.6. The fourth-order valence-corrected chi connectivity index (χ4v) is 3.28. The van der Waals surface area contributed by atoms with Crippen molar-refractivity contribution in [2.75, 3.05) is 13.1 Å². The van der Waals surface area contributed by atoms with Gasteiger partial charge < -0.3 is 9.64 Å². The van der Waals surface area contributed by atoms with E-state index < -0.39 is 0 Å². The van der Waals surface area contributed by atoms with Gasteiger partial charge in [-0.15, -0.1) is 0 Å². The van der Waals surface area contributed by atoms with Crippen molar-refractivity contribution >= 4 is 5.91 Å². The lowest BCUT2D eigenvalue weighted by Crippen LogP contribution is -2.36. The number of carbonyl (C=O) groups is 1. The molecular weight excluding hydrogens is 280 g/mol. The minimum atomic E-state index is -0.101. The topological polar surface area (TPSA) is 79.1 Å². The summed E-state index contributed by atoms with van der Waals surface area (Å²) >= 11 is 0. The van der Waals surface area contributed by atoms with Gasteiger partial charge in [0, 0.05) is 31.3 Å². The van der Waals surface area contributed by atoms with Crippen LogP contribution in [0.25, 0.3) is 0 Å². The van der Waals surface area contributed by atoms with Gasteiger partial charge in [-0.2, -0.15) is 5.26 Å². The summed E-state index contributed by atoms with van der Waals surface area (Å²) in [6.45, 7) is 1.30. The zero-order chi connectivity index (χ0) is 15.4. The van der Waals surface area contributed by atoms with E-state index in [4.69, 9.17) is 10.00 Å². The monoisotopic (exact) mass is 300 g/mol. The lowest BCUT2D eigenvalue weighted by molar-refractivity contribution is -0.135. The second-order valence-electron chi connectivity index (χ2n) is 5.97. The number of amides is 1. The highest BCUT2D eigenvalue weighted by Gasteiger charge is 2.32. The van der Waals surface area contributed by atoms with Gasteiger partial charge >= 0.3 is 0 Å². The van der Waals surface area contributed by atoms with Crippen LogP contribution in [-0.2, 0) is 4.79 Å². The van der Waals surface area contributed by atoms with Gasteiger partial charge in [0.15, 0.2) is 0 Å². The van der Waals surface area contributed by atoms with Crippen LogP contribution in [0, 0.1) is 17.2 Å². The highest BCUT2D eigenvalue weighted by Crippen LogP contribution is 2.27. The first-order chi connectivity index (χ1) is 10.8. The number of likely N-dealkylation sites (tertiary alicyclic amines) is 1. The van der Waals surface area contributed by atoms with Crippen molar-refractivity contribution in [1.29, 1.82) is 5.26 Å². The first kappa shape index (κ1) is 14.8. The minimum Gasteiger partial charge on any atom is -0.470 e. The highest BCUT2D eigenvalue weighted by molar-refractivity contribution is 5.79. The van der Waals surface area contributed by atoms with Gasteiger partial charge in [-0.05, 0) is 12.8 Å². The fourth-order valence-electron chi connectivity index (χ4n) is 3.28. The van der Waals surface area contributed by atoms with Crippen LogP contribution in [0.15, 0.2) is 12.4 Å². The van der Waals surface area contributed by atoms with Crippen molar-refractivity contribution in [2.45, 2.75) is 44.6 Å². The van der Waals surface area contributed by atoms with E-state index in [1.54, 1.807) is 0 Å². The quantitative estimate of drug-likeness (QED) is 0.852. The number of hydrogen-bond donors (Lipinski definition) is 0. The van der Waals surface area contributed by atoms with Crippen LogP contribution < -0.4 is 4.74 Å². The maximum Gasteiger partial charge on any atom is 0.251 e. The Bertz CT molecular complexity index is 578. The highest BCUT2D eigenvalue weighted by atomic mass is 16.5. The molecule has 0 aromatic carbocycles. The van der Waals surface area contributed by atoms with Crippen LogP contribution in [0.3, 0.4) is 0 Å². The lowest BCUT2D eigenvalue weighted by Gasteiger charge is -2.26. The maximum atomic E-state index is 12.5. The van der Waals surface area contributed by atoms with Gasteiger partial charge in [0.1, 0.15) is 12.2 Å². The van der Waals surface area contributed by atoms with Crippen molar-refractivity contribution < 1.29 is 9.53 Å². The van der Waals surface area contributed by atoms with Crippen LogP contribution in [0.4, 0.5) is 0 Å². The summed E-state index contributed by atoms with van der Waals surface area (Å²) in [7, 11) is 0. The van der Waals surface area contributed by atoms with Gasteiger partial charge in [-0.3, -0.25) is 4.79 Å². The Morgan fingerprint density at radius 3 is 2.77 bits per heavy atom. The summed E-state index contributed by atoms with van der Waals surface area (Å²) in [4.78, 5) is 22.4. The van der Waals surface area contributed by atoms with E-state index in [0.717, 1.165) is 38.6 Å². The molecule has 1 saturated heterocycles. The average Bonchev–Trinajstić information content (AvgIpc) is 3.04. The second kappa shape index (κ2) is 6.73. The van der Waals surface area contributed by atoms with E-state index in [2.05, 4.69) is 9.97 Å². The summed E-state index contributed by atoms with van der Waals surface area (Å²) in [6, 6.07) is 1.98. The van der Waals surface area contributed by atoms with E-state index >= 15 is 0 Å². The second-order valence-corrected chi connectivity index (χ2v) is 5.97. The number of hydrogen-bond acceptors (Lipinski definition) is 5. The molecule has 116 valence electrons. The SMILES string of the molecule is N#Cc1nccnc1OC1CCN(C(=O)C2CCCCC2)C1. The summed E-state index contributed by atoms with van der Waals surface area (Å²) in [6.07, 6.45) is 9.27. The van der Waals surface area contributed by atoms with Crippen molar-refractivity contribution in [1.82, 2.24) is 14.9 Å². The molecule has 2 aliphatic rings. The first-order valence-electron chi connectivity index (χ1n) is 7.94. The number of nitriles is 1. The van der Waals surface area contributed by atoms with Crippen LogP contribution in [0.1, 0.15) is 44.2 Å². The first-order valence-corrected chi connectivity index (χ1v) is 7.94. The van der Waals surface area contributed by atoms with E-state index in [-0.39, 0.29) is 29.5 Å². The summed E-state index contributed by atoms with van der Waals surface area (Å²) < 4.78 is 5.78.